The van der Waals surface area contributed by atoms with Crippen LogP contribution in [-0.2, 0) is 4.79 Å². The SMILES string of the molecule is CCCOc1ccc(Cl)cc1C(C)CC1CC1C(=O)O. The molecule has 0 heterocycles. The molecule has 3 atom stereocenters. The number of halogens is 1. The number of ether oxygens (including phenoxy) is 1. The molecule has 110 valence electrons. The zero-order chi connectivity index (χ0) is 14.7. The van der Waals surface area contributed by atoms with E-state index in [0.717, 1.165) is 30.6 Å². The van der Waals surface area contributed by atoms with Crippen molar-refractivity contribution >= 4 is 17.6 Å². The first kappa shape index (κ1) is 15.2. The predicted molar refractivity (Wildman–Crippen MR) is 79.5 cm³/mol. The van der Waals surface area contributed by atoms with Gasteiger partial charge in [0.15, 0.2) is 0 Å². The Morgan fingerprint density at radius 2 is 2.30 bits per heavy atom. The Hall–Kier alpha value is -1.22. The summed E-state index contributed by atoms with van der Waals surface area (Å²) in [6.45, 7) is 4.87. The minimum Gasteiger partial charge on any atom is -0.493 e. The van der Waals surface area contributed by atoms with Gasteiger partial charge in [-0.15, -0.1) is 0 Å². The summed E-state index contributed by atoms with van der Waals surface area (Å²) < 4.78 is 5.76. The third kappa shape index (κ3) is 3.66. The van der Waals surface area contributed by atoms with Crippen LogP contribution in [-0.4, -0.2) is 17.7 Å². The summed E-state index contributed by atoms with van der Waals surface area (Å²) in [5.74, 6) is 0.596. The van der Waals surface area contributed by atoms with Gasteiger partial charge in [0.25, 0.3) is 0 Å². The van der Waals surface area contributed by atoms with Crippen molar-refractivity contribution in [2.75, 3.05) is 6.61 Å². The van der Waals surface area contributed by atoms with Gasteiger partial charge in [0.05, 0.1) is 12.5 Å². The molecule has 1 aliphatic rings. The van der Waals surface area contributed by atoms with Gasteiger partial charge < -0.3 is 9.84 Å². The zero-order valence-corrected chi connectivity index (χ0v) is 12.7. The summed E-state index contributed by atoms with van der Waals surface area (Å²) in [6, 6.07) is 5.68. The summed E-state index contributed by atoms with van der Waals surface area (Å²) in [6.07, 6.45) is 2.63. The van der Waals surface area contributed by atoms with Gasteiger partial charge >= 0.3 is 5.97 Å². The second-order valence-corrected chi connectivity index (χ2v) is 6.04. The number of hydrogen-bond donors (Lipinski definition) is 1. The van der Waals surface area contributed by atoms with Crippen molar-refractivity contribution in [2.24, 2.45) is 11.8 Å². The van der Waals surface area contributed by atoms with E-state index in [4.69, 9.17) is 21.4 Å². The third-order valence-electron chi connectivity index (χ3n) is 3.86. The van der Waals surface area contributed by atoms with Gasteiger partial charge in [0.2, 0.25) is 0 Å². The maximum atomic E-state index is 10.9. The molecule has 1 fully saturated rings. The molecule has 0 bridgehead atoms. The lowest BCUT2D eigenvalue weighted by molar-refractivity contribution is -0.138. The lowest BCUT2D eigenvalue weighted by Gasteiger charge is -2.17. The fourth-order valence-electron chi connectivity index (χ4n) is 2.64. The Morgan fingerprint density at radius 1 is 1.55 bits per heavy atom. The average Bonchev–Trinajstić information content (AvgIpc) is 3.16. The van der Waals surface area contributed by atoms with E-state index in [1.54, 1.807) is 0 Å². The molecule has 3 nitrogen and oxygen atoms in total. The molecule has 0 amide bonds. The molecule has 4 heteroatoms. The van der Waals surface area contributed by atoms with Crippen molar-refractivity contribution in [1.29, 1.82) is 0 Å². The molecular weight excluding hydrogens is 276 g/mol. The normalized spacial score (nSPS) is 22.4. The summed E-state index contributed by atoms with van der Waals surface area (Å²) in [5.41, 5.74) is 1.09. The average molecular weight is 297 g/mol. The molecule has 1 aliphatic carbocycles. The van der Waals surface area contributed by atoms with E-state index in [9.17, 15) is 4.79 Å². The molecule has 0 aromatic heterocycles. The van der Waals surface area contributed by atoms with Crippen molar-refractivity contribution in [1.82, 2.24) is 0 Å². The molecule has 1 aromatic rings. The van der Waals surface area contributed by atoms with Crippen LogP contribution in [0.25, 0.3) is 0 Å². The van der Waals surface area contributed by atoms with Gasteiger partial charge in [0, 0.05) is 5.02 Å². The minimum atomic E-state index is -0.671. The van der Waals surface area contributed by atoms with Gasteiger partial charge in [-0.05, 0) is 54.9 Å². The first-order valence-corrected chi connectivity index (χ1v) is 7.55. The van der Waals surface area contributed by atoms with Gasteiger partial charge in [-0.1, -0.05) is 25.4 Å². The van der Waals surface area contributed by atoms with E-state index in [-0.39, 0.29) is 11.8 Å². The van der Waals surface area contributed by atoms with Gasteiger partial charge in [-0.25, -0.2) is 0 Å². The number of rotatable bonds is 7. The van der Waals surface area contributed by atoms with Crippen molar-refractivity contribution in [3.63, 3.8) is 0 Å². The van der Waals surface area contributed by atoms with Crippen LogP contribution < -0.4 is 4.74 Å². The lowest BCUT2D eigenvalue weighted by atomic mass is 9.94. The number of carbonyl (C=O) groups is 1. The summed E-state index contributed by atoms with van der Waals surface area (Å²) in [5, 5.41) is 9.67. The highest BCUT2D eigenvalue weighted by molar-refractivity contribution is 6.30. The van der Waals surface area contributed by atoms with Gasteiger partial charge in [-0.3, -0.25) is 4.79 Å². The topological polar surface area (TPSA) is 46.5 Å². The van der Waals surface area contributed by atoms with E-state index >= 15 is 0 Å². The summed E-state index contributed by atoms with van der Waals surface area (Å²) >= 11 is 6.08. The standard InChI is InChI=1S/C16H21ClO3/c1-3-6-20-15-5-4-12(17)9-13(15)10(2)7-11-8-14(11)16(18)19/h4-5,9-11,14H,3,6-8H2,1-2H3,(H,18,19). The molecule has 0 spiro atoms. The zero-order valence-electron chi connectivity index (χ0n) is 11.9. The highest BCUT2D eigenvalue weighted by Crippen LogP contribution is 2.46. The predicted octanol–water partition coefficient (Wildman–Crippen LogP) is 4.34. The smallest absolute Gasteiger partial charge is 0.306 e. The molecule has 2 rings (SSSR count). The molecule has 1 aromatic carbocycles. The molecule has 0 radical (unpaired) electrons. The van der Waals surface area contributed by atoms with Crippen molar-refractivity contribution < 1.29 is 14.6 Å². The largest absolute Gasteiger partial charge is 0.493 e. The first-order chi connectivity index (χ1) is 9.52. The molecule has 3 unspecified atom stereocenters. The Morgan fingerprint density at radius 3 is 2.90 bits per heavy atom. The highest BCUT2D eigenvalue weighted by atomic mass is 35.5. The maximum absolute atomic E-state index is 10.9. The van der Waals surface area contributed by atoms with Crippen LogP contribution in [0.1, 0.15) is 44.6 Å². The van der Waals surface area contributed by atoms with Crippen molar-refractivity contribution in [3.8, 4) is 5.75 Å². The quantitative estimate of drug-likeness (QED) is 0.814. The second-order valence-electron chi connectivity index (χ2n) is 5.61. The second kappa shape index (κ2) is 6.49. The Bertz CT molecular complexity index is 487. The van der Waals surface area contributed by atoms with E-state index in [0.29, 0.717) is 17.5 Å². The third-order valence-corrected chi connectivity index (χ3v) is 4.10. The fourth-order valence-corrected chi connectivity index (χ4v) is 2.82. The Kier molecular flexibility index (Phi) is 4.92. The summed E-state index contributed by atoms with van der Waals surface area (Å²) in [4.78, 5) is 10.9. The van der Waals surface area contributed by atoms with Crippen LogP contribution >= 0.6 is 11.6 Å². The van der Waals surface area contributed by atoms with Crippen LogP contribution in [0.4, 0.5) is 0 Å². The monoisotopic (exact) mass is 296 g/mol. The molecule has 1 N–H and O–H groups in total. The molecule has 1 saturated carbocycles. The first-order valence-electron chi connectivity index (χ1n) is 7.18. The van der Waals surface area contributed by atoms with Crippen molar-refractivity contribution in [3.05, 3.63) is 28.8 Å². The van der Waals surface area contributed by atoms with Crippen LogP contribution in [0.3, 0.4) is 0 Å². The van der Waals surface area contributed by atoms with Gasteiger partial charge in [0.1, 0.15) is 5.75 Å². The Balaban J connectivity index is 2.06. The number of carboxylic acid groups (broad SMARTS) is 1. The number of benzene rings is 1. The minimum absolute atomic E-state index is 0.156. The number of aliphatic carboxylic acids is 1. The molecule has 20 heavy (non-hydrogen) atoms. The summed E-state index contributed by atoms with van der Waals surface area (Å²) in [7, 11) is 0. The van der Waals surface area contributed by atoms with E-state index in [1.165, 1.54) is 0 Å². The fraction of sp³-hybridized carbons (Fsp3) is 0.562. The van der Waals surface area contributed by atoms with Crippen LogP contribution in [0.5, 0.6) is 5.75 Å². The van der Waals surface area contributed by atoms with E-state index in [1.807, 2.05) is 18.2 Å². The van der Waals surface area contributed by atoms with Gasteiger partial charge in [-0.2, -0.15) is 0 Å². The van der Waals surface area contributed by atoms with E-state index in [2.05, 4.69) is 13.8 Å². The van der Waals surface area contributed by atoms with Crippen LogP contribution in [0.2, 0.25) is 5.02 Å². The van der Waals surface area contributed by atoms with Crippen LogP contribution in [0.15, 0.2) is 18.2 Å². The molecule has 0 saturated heterocycles. The highest BCUT2D eigenvalue weighted by Gasteiger charge is 2.43. The molecule has 0 aliphatic heterocycles. The maximum Gasteiger partial charge on any atom is 0.306 e. The van der Waals surface area contributed by atoms with E-state index < -0.39 is 5.97 Å². The Labute approximate surface area is 124 Å². The number of carboxylic acids is 1. The molecular formula is C16H21ClO3. The number of hydrogen-bond acceptors (Lipinski definition) is 2. The van der Waals surface area contributed by atoms with Crippen molar-refractivity contribution in [2.45, 2.75) is 39.0 Å². The van der Waals surface area contributed by atoms with Crippen LogP contribution in [0, 0.1) is 11.8 Å². The lowest BCUT2D eigenvalue weighted by Crippen LogP contribution is -2.05.